The summed E-state index contributed by atoms with van der Waals surface area (Å²) >= 11 is 0. The highest BCUT2D eigenvalue weighted by atomic mass is 14.7. The van der Waals surface area contributed by atoms with Gasteiger partial charge in [0.15, 0.2) is 0 Å². The van der Waals surface area contributed by atoms with Crippen LogP contribution in [0.15, 0.2) is 36.8 Å². The van der Waals surface area contributed by atoms with Crippen molar-refractivity contribution < 1.29 is 0 Å². The maximum absolute atomic E-state index is 4.45. The van der Waals surface area contributed by atoms with Gasteiger partial charge in [0.05, 0.1) is 5.69 Å². The predicted molar refractivity (Wildman–Crippen MR) is 66.3 cm³/mol. The summed E-state index contributed by atoms with van der Waals surface area (Å²) in [6.45, 7) is 6.54. The van der Waals surface area contributed by atoms with Crippen molar-refractivity contribution in [2.45, 2.75) is 26.7 Å². The van der Waals surface area contributed by atoms with Crippen molar-refractivity contribution in [2.24, 2.45) is 0 Å². The number of hydrogen-bond acceptors (Lipinski definition) is 2. The fourth-order valence-electron chi connectivity index (χ4n) is 1.97. The van der Waals surface area contributed by atoms with Gasteiger partial charge in [0.2, 0.25) is 0 Å². The summed E-state index contributed by atoms with van der Waals surface area (Å²) in [5.41, 5.74) is 4.74. The van der Waals surface area contributed by atoms with Gasteiger partial charge in [-0.25, -0.2) is 0 Å². The lowest BCUT2D eigenvalue weighted by molar-refractivity contribution is 0.853. The molecule has 0 saturated heterocycles. The molecule has 0 atom stereocenters. The quantitative estimate of drug-likeness (QED) is 0.760. The van der Waals surface area contributed by atoms with Gasteiger partial charge in [-0.05, 0) is 42.2 Å². The molecule has 0 bridgehead atoms. The first-order valence-corrected chi connectivity index (χ1v) is 5.56. The molecule has 2 heteroatoms. The Balaban J connectivity index is 2.55. The molecule has 0 fully saturated rings. The third-order valence-electron chi connectivity index (χ3n) is 2.80. The van der Waals surface area contributed by atoms with Crippen molar-refractivity contribution in [1.82, 2.24) is 9.97 Å². The lowest BCUT2D eigenvalue weighted by atomic mass is 9.96. The summed E-state index contributed by atoms with van der Waals surface area (Å²) < 4.78 is 0. The minimum atomic E-state index is 0.526. The molecule has 0 N–H and O–H groups in total. The minimum Gasteiger partial charge on any atom is -0.264 e. The van der Waals surface area contributed by atoms with E-state index >= 15 is 0 Å². The zero-order valence-electron chi connectivity index (χ0n) is 9.94. The van der Waals surface area contributed by atoms with Crippen LogP contribution in [0.2, 0.25) is 0 Å². The molecule has 0 aliphatic rings. The molecule has 0 radical (unpaired) electrons. The first-order valence-electron chi connectivity index (χ1n) is 5.56. The molecule has 82 valence electrons. The average Bonchev–Trinajstić information content (AvgIpc) is 2.30. The van der Waals surface area contributed by atoms with Crippen LogP contribution in [0.1, 0.15) is 30.9 Å². The van der Waals surface area contributed by atoms with E-state index in [1.807, 2.05) is 24.5 Å². The van der Waals surface area contributed by atoms with Gasteiger partial charge in [-0.1, -0.05) is 13.8 Å². The van der Waals surface area contributed by atoms with E-state index in [1.54, 1.807) is 6.20 Å². The second kappa shape index (κ2) is 4.44. The first-order chi connectivity index (χ1) is 7.70. The summed E-state index contributed by atoms with van der Waals surface area (Å²) in [5, 5.41) is 0. The van der Waals surface area contributed by atoms with Crippen molar-refractivity contribution in [2.75, 3.05) is 0 Å². The summed E-state index contributed by atoms with van der Waals surface area (Å²) in [5.74, 6) is 0.526. The fraction of sp³-hybridized carbons (Fsp3) is 0.286. The van der Waals surface area contributed by atoms with Crippen LogP contribution >= 0.6 is 0 Å². The Morgan fingerprint density at radius 3 is 2.56 bits per heavy atom. The smallest absolute Gasteiger partial charge is 0.0749 e. The summed E-state index contributed by atoms with van der Waals surface area (Å²) in [4.78, 5) is 8.59. The highest BCUT2D eigenvalue weighted by Gasteiger charge is 2.09. The van der Waals surface area contributed by atoms with Crippen molar-refractivity contribution in [3.05, 3.63) is 47.9 Å². The van der Waals surface area contributed by atoms with Crippen LogP contribution in [0.4, 0.5) is 0 Å². The topological polar surface area (TPSA) is 25.8 Å². The van der Waals surface area contributed by atoms with Gasteiger partial charge in [-0.3, -0.25) is 9.97 Å². The fourth-order valence-corrected chi connectivity index (χ4v) is 1.97. The molecular formula is C14H16N2. The maximum Gasteiger partial charge on any atom is 0.0749 e. The maximum atomic E-state index is 4.45. The van der Waals surface area contributed by atoms with E-state index in [0.29, 0.717) is 5.92 Å². The lowest BCUT2D eigenvalue weighted by Crippen LogP contribution is -1.97. The molecule has 2 heterocycles. The third kappa shape index (κ3) is 1.96. The van der Waals surface area contributed by atoms with E-state index in [1.165, 1.54) is 11.1 Å². The zero-order valence-corrected chi connectivity index (χ0v) is 9.94. The molecule has 0 saturated carbocycles. The zero-order chi connectivity index (χ0) is 11.5. The monoisotopic (exact) mass is 212 g/mol. The molecule has 0 aliphatic carbocycles. The van der Waals surface area contributed by atoms with Crippen LogP contribution < -0.4 is 0 Å². The number of nitrogens with zero attached hydrogens (tertiary/aromatic N) is 2. The second-order valence-electron chi connectivity index (χ2n) is 4.27. The molecule has 0 aromatic carbocycles. The summed E-state index contributed by atoms with van der Waals surface area (Å²) in [6, 6.07) is 6.09. The van der Waals surface area contributed by atoms with Crippen molar-refractivity contribution in [3.8, 4) is 11.3 Å². The molecule has 0 amide bonds. The standard InChI is InChI=1S/C14H16N2/c1-10(2)13-6-8-16-14(11(13)3)12-5-4-7-15-9-12/h4-10H,1-3H3. The van der Waals surface area contributed by atoms with Crippen molar-refractivity contribution >= 4 is 0 Å². The SMILES string of the molecule is Cc1c(C(C)C)ccnc1-c1cccnc1. The molecule has 0 unspecified atom stereocenters. The number of rotatable bonds is 2. The van der Waals surface area contributed by atoms with Gasteiger partial charge in [-0.15, -0.1) is 0 Å². The Labute approximate surface area is 96.4 Å². The Bertz CT molecular complexity index is 475. The van der Waals surface area contributed by atoms with E-state index in [2.05, 4.69) is 36.8 Å². The lowest BCUT2D eigenvalue weighted by Gasteiger charge is -2.12. The van der Waals surface area contributed by atoms with E-state index in [0.717, 1.165) is 11.3 Å². The minimum absolute atomic E-state index is 0.526. The van der Waals surface area contributed by atoms with Crippen LogP contribution in [-0.2, 0) is 0 Å². The summed E-state index contributed by atoms with van der Waals surface area (Å²) in [7, 11) is 0. The summed E-state index contributed by atoms with van der Waals surface area (Å²) in [6.07, 6.45) is 5.52. The molecule has 16 heavy (non-hydrogen) atoms. The van der Waals surface area contributed by atoms with Crippen molar-refractivity contribution in [1.29, 1.82) is 0 Å². The first kappa shape index (κ1) is 10.8. The van der Waals surface area contributed by atoms with Crippen LogP contribution in [0.5, 0.6) is 0 Å². The van der Waals surface area contributed by atoms with Gasteiger partial charge in [-0.2, -0.15) is 0 Å². The highest BCUT2D eigenvalue weighted by molar-refractivity contribution is 5.63. The molecule has 0 spiro atoms. The van der Waals surface area contributed by atoms with E-state index in [-0.39, 0.29) is 0 Å². The molecule has 2 rings (SSSR count). The largest absolute Gasteiger partial charge is 0.264 e. The highest BCUT2D eigenvalue weighted by Crippen LogP contribution is 2.26. The van der Waals surface area contributed by atoms with E-state index in [4.69, 9.17) is 0 Å². The van der Waals surface area contributed by atoms with Crippen LogP contribution in [0.25, 0.3) is 11.3 Å². The predicted octanol–water partition coefficient (Wildman–Crippen LogP) is 3.58. The average molecular weight is 212 g/mol. The van der Waals surface area contributed by atoms with Gasteiger partial charge >= 0.3 is 0 Å². The Hall–Kier alpha value is -1.70. The number of hydrogen-bond donors (Lipinski definition) is 0. The van der Waals surface area contributed by atoms with Crippen LogP contribution in [0, 0.1) is 6.92 Å². The molecule has 2 aromatic heterocycles. The number of aromatic nitrogens is 2. The Morgan fingerprint density at radius 2 is 1.94 bits per heavy atom. The van der Waals surface area contributed by atoms with Crippen LogP contribution in [0.3, 0.4) is 0 Å². The van der Waals surface area contributed by atoms with E-state index < -0.39 is 0 Å². The third-order valence-corrected chi connectivity index (χ3v) is 2.80. The Kier molecular flexibility index (Phi) is 3.00. The van der Waals surface area contributed by atoms with Gasteiger partial charge in [0, 0.05) is 24.2 Å². The number of pyridine rings is 2. The van der Waals surface area contributed by atoms with Crippen molar-refractivity contribution in [3.63, 3.8) is 0 Å². The van der Waals surface area contributed by atoms with Gasteiger partial charge in [0.25, 0.3) is 0 Å². The molecule has 2 aromatic rings. The normalized spacial score (nSPS) is 10.8. The van der Waals surface area contributed by atoms with E-state index in [9.17, 15) is 0 Å². The molecular weight excluding hydrogens is 196 g/mol. The van der Waals surface area contributed by atoms with Crippen LogP contribution in [-0.4, -0.2) is 9.97 Å². The van der Waals surface area contributed by atoms with Gasteiger partial charge in [0.1, 0.15) is 0 Å². The molecule has 0 aliphatic heterocycles. The second-order valence-corrected chi connectivity index (χ2v) is 4.27. The van der Waals surface area contributed by atoms with Gasteiger partial charge < -0.3 is 0 Å². The molecule has 2 nitrogen and oxygen atoms in total. The Morgan fingerprint density at radius 1 is 1.12 bits per heavy atom.